The average molecular weight is 389 g/mol. The van der Waals surface area contributed by atoms with Crippen LogP contribution in [0.15, 0.2) is 42.5 Å². The fourth-order valence-electron chi connectivity index (χ4n) is 2.78. The van der Waals surface area contributed by atoms with Gasteiger partial charge in [0.1, 0.15) is 17.0 Å². The first-order valence-electron chi connectivity index (χ1n) is 9.03. The topological polar surface area (TPSA) is 96.6 Å². The zero-order valence-electron chi connectivity index (χ0n) is 16.7. The van der Waals surface area contributed by atoms with Gasteiger partial charge in [0.2, 0.25) is 0 Å². The molecule has 7 heteroatoms. The van der Waals surface area contributed by atoms with Gasteiger partial charge in [0, 0.05) is 6.54 Å². The number of carbonyl (C=O) groups is 1. The van der Waals surface area contributed by atoms with E-state index in [9.17, 15) is 14.3 Å². The third-order valence-corrected chi connectivity index (χ3v) is 4.18. The lowest BCUT2D eigenvalue weighted by molar-refractivity contribution is 0.0404. The van der Waals surface area contributed by atoms with E-state index >= 15 is 0 Å². The highest BCUT2D eigenvalue weighted by molar-refractivity contribution is 5.70. The highest BCUT2D eigenvalue weighted by Gasteiger charge is 2.35. The number of alkyl carbamates (subject to hydrolysis) is 1. The van der Waals surface area contributed by atoms with Crippen LogP contribution in [0.3, 0.4) is 0 Å². The van der Waals surface area contributed by atoms with Gasteiger partial charge in [0.15, 0.2) is 0 Å². The van der Waals surface area contributed by atoms with Crippen LogP contribution in [-0.2, 0) is 10.3 Å². The second-order valence-electron chi connectivity index (χ2n) is 7.82. The Balaban J connectivity index is 2.35. The number of nitrogens with one attached hydrogen (secondary N) is 2. The number of nitrogen functional groups attached to an aromatic ring is 1. The molecule has 2 rings (SSSR count). The molecule has 28 heavy (non-hydrogen) atoms. The van der Waals surface area contributed by atoms with E-state index < -0.39 is 29.7 Å². The van der Waals surface area contributed by atoms with Crippen molar-refractivity contribution in [2.24, 2.45) is 0 Å². The molecule has 152 valence electrons. The van der Waals surface area contributed by atoms with Crippen LogP contribution in [0.4, 0.5) is 20.6 Å². The van der Waals surface area contributed by atoms with E-state index in [0.717, 1.165) is 5.56 Å². The number of hydrogen-bond donors (Lipinski definition) is 4. The first-order valence-corrected chi connectivity index (χ1v) is 9.03. The van der Waals surface area contributed by atoms with Crippen molar-refractivity contribution in [1.29, 1.82) is 0 Å². The second-order valence-corrected chi connectivity index (χ2v) is 7.82. The number of anilines is 2. The SMILES string of the molecule is Cc1ccc(NCC(CO)(NC(=O)OC(C)(C)C)c2cccc(F)c2)c(N)c1. The van der Waals surface area contributed by atoms with Crippen LogP contribution in [0.1, 0.15) is 31.9 Å². The van der Waals surface area contributed by atoms with Crippen molar-refractivity contribution in [2.45, 2.75) is 38.8 Å². The number of carbonyl (C=O) groups excluding carboxylic acids is 1. The van der Waals surface area contributed by atoms with Gasteiger partial charge in [-0.3, -0.25) is 0 Å². The average Bonchev–Trinajstić information content (AvgIpc) is 2.58. The minimum Gasteiger partial charge on any atom is -0.444 e. The van der Waals surface area contributed by atoms with E-state index in [0.29, 0.717) is 16.9 Å². The quantitative estimate of drug-likeness (QED) is 0.567. The number of aliphatic hydroxyl groups is 1. The Morgan fingerprint density at radius 1 is 1.21 bits per heavy atom. The van der Waals surface area contributed by atoms with Crippen molar-refractivity contribution in [1.82, 2.24) is 5.32 Å². The number of hydrogen-bond acceptors (Lipinski definition) is 5. The molecule has 0 spiro atoms. The summed E-state index contributed by atoms with van der Waals surface area (Å²) in [4.78, 5) is 12.4. The predicted octanol–water partition coefficient (Wildman–Crippen LogP) is 3.54. The van der Waals surface area contributed by atoms with Gasteiger partial charge < -0.3 is 26.2 Å². The van der Waals surface area contributed by atoms with E-state index in [1.54, 1.807) is 26.8 Å². The summed E-state index contributed by atoms with van der Waals surface area (Å²) in [5.41, 5.74) is 6.59. The summed E-state index contributed by atoms with van der Waals surface area (Å²) in [6, 6.07) is 11.2. The summed E-state index contributed by atoms with van der Waals surface area (Å²) in [5.74, 6) is -0.476. The molecule has 5 N–H and O–H groups in total. The Morgan fingerprint density at radius 3 is 2.50 bits per heavy atom. The second kappa shape index (κ2) is 8.48. The molecule has 0 aliphatic heterocycles. The lowest BCUT2D eigenvalue weighted by atomic mass is 9.90. The van der Waals surface area contributed by atoms with Crippen molar-refractivity contribution in [3.63, 3.8) is 0 Å². The maximum atomic E-state index is 13.8. The molecule has 0 radical (unpaired) electrons. The highest BCUT2D eigenvalue weighted by Crippen LogP contribution is 2.26. The van der Waals surface area contributed by atoms with Crippen LogP contribution in [0.2, 0.25) is 0 Å². The smallest absolute Gasteiger partial charge is 0.408 e. The van der Waals surface area contributed by atoms with Gasteiger partial charge in [-0.2, -0.15) is 0 Å². The van der Waals surface area contributed by atoms with E-state index in [-0.39, 0.29) is 6.54 Å². The third-order valence-electron chi connectivity index (χ3n) is 4.18. The summed E-state index contributed by atoms with van der Waals surface area (Å²) in [7, 11) is 0. The summed E-state index contributed by atoms with van der Waals surface area (Å²) >= 11 is 0. The zero-order valence-corrected chi connectivity index (χ0v) is 16.7. The number of halogens is 1. The molecule has 0 heterocycles. The lowest BCUT2D eigenvalue weighted by Gasteiger charge is -2.35. The Morgan fingerprint density at radius 2 is 1.93 bits per heavy atom. The molecular weight excluding hydrogens is 361 g/mol. The highest BCUT2D eigenvalue weighted by atomic mass is 19.1. The van der Waals surface area contributed by atoms with Gasteiger partial charge in [0.25, 0.3) is 0 Å². The van der Waals surface area contributed by atoms with Crippen LogP contribution in [0.5, 0.6) is 0 Å². The predicted molar refractivity (Wildman–Crippen MR) is 109 cm³/mol. The first-order chi connectivity index (χ1) is 13.0. The Hall–Kier alpha value is -2.80. The molecule has 1 amide bonds. The van der Waals surface area contributed by atoms with E-state index in [1.165, 1.54) is 18.2 Å². The molecule has 0 aliphatic carbocycles. The number of rotatable bonds is 6. The van der Waals surface area contributed by atoms with Crippen LogP contribution >= 0.6 is 0 Å². The van der Waals surface area contributed by atoms with Gasteiger partial charge in [-0.1, -0.05) is 18.2 Å². The van der Waals surface area contributed by atoms with E-state index in [4.69, 9.17) is 10.5 Å². The molecular formula is C21H28FN3O3. The van der Waals surface area contributed by atoms with Gasteiger partial charge >= 0.3 is 6.09 Å². The van der Waals surface area contributed by atoms with E-state index in [1.807, 2.05) is 25.1 Å². The molecule has 6 nitrogen and oxygen atoms in total. The molecule has 0 aromatic heterocycles. The molecule has 0 saturated carbocycles. The molecule has 0 fully saturated rings. The van der Waals surface area contributed by atoms with Crippen LogP contribution in [0, 0.1) is 12.7 Å². The van der Waals surface area contributed by atoms with Crippen molar-refractivity contribution in [2.75, 3.05) is 24.2 Å². The third kappa shape index (κ3) is 5.60. The molecule has 2 aromatic rings. The summed E-state index contributed by atoms with van der Waals surface area (Å²) < 4.78 is 19.2. The summed E-state index contributed by atoms with van der Waals surface area (Å²) in [6.45, 7) is 6.73. The minimum atomic E-state index is -1.32. The molecule has 0 aliphatic rings. The van der Waals surface area contributed by atoms with Crippen LogP contribution < -0.4 is 16.4 Å². The minimum absolute atomic E-state index is 0.0689. The fourth-order valence-corrected chi connectivity index (χ4v) is 2.78. The van der Waals surface area contributed by atoms with E-state index in [2.05, 4.69) is 10.6 Å². The maximum absolute atomic E-state index is 13.8. The van der Waals surface area contributed by atoms with Gasteiger partial charge in [-0.05, 0) is 63.1 Å². The lowest BCUT2D eigenvalue weighted by Crippen LogP contribution is -2.54. The van der Waals surface area contributed by atoms with Crippen LogP contribution in [-0.4, -0.2) is 30.0 Å². The van der Waals surface area contributed by atoms with Crippen LogP contribution in [0.25, 0.3) is 0 Å². The summed E-state index contributed by atoms with van der Waals surface area (Å²) in [6.07, 6.45) is -0.718. The Kier molecular flexibility index (Phi) is 6.51. The first kappa shape index (κ1) is 21.5. The fraction of sp³-hybridized carbons (Fsp3) is 0.381. The standard InChI is InChI=1S/C21H28FN3O3/c1-14-8-9-18(17(23)10-14)24-12-21(13-26,15-6-5-7-16(22)11-15)25-19(27)28-20(2,3)4/h5-11,24,26H,12-13,23H2,1-4H3,(H,25,27). The Bertz CT molecular complexity index is 836. The molecule has 1 atom stereocenters. The normalized spacial score (nSPS) is 13.5. The zero-order chi connectivity index (χ0) is 20.9. The maximum Gasteiger partial charge on any atom is 0.408 e. The van der Waals surface area contributed by atoms with Gasteiger partial charge in [0.05, 0.1) is 18.0 Å². The van der Waals surface area contributed by atoms with Crippen molar-refractivity contribution >= 4 is 17.5 Å². The number of nitrogens with two attached hydrogens (primary N) is 1. The number of amides is 1. The molecule has 0 saturated heterocycles. The van der Waals surface area contributed by atoms with Gasteiger partial charge in [-0.15, -0.1) is 0 Å². The molecule has 1 unspecified atom stereocenters. The number of benzene rings is 2. The Labute approximate surface area is 164 Å². The number of aliphatic hydroxyl groups excluding tert-OH is 1. The summed E-state index contributed by atoms with van der Waals surface area (Å²) in [5, 5.41) is 16.0. The van der Waals surface area contributed by atoms with Crippen molar-refractivity contribution in [3.05, 3.63) is 59.4 Å². The van der Waals surface area contributed by atoms with Crippen molar-refractivity contribution in [3.8, 4) is 0 Å². The van der Waals surface area contributed by atoms with Crippen molar-refractivity contribution < 1.29 is 19.0 Å². The number of aryl methyl sites for hydroxylation is 1. The van der Waals surface area contributed by atoms with Gasteiger partial charge in [-0.25, -0.2) is 9.18 Å². The monoisotopic (exact) mass is 389 g/mol. The number of ether oxygens (including phenoxy) is 1. The molecule has 2 aromatic carbocycles. The molecule has 0 bridgehead atoms. The largest absolute Gasteiger partial charge is 0.444 e.